The van der Waals surface area contributed by atoms with Crippen LogP contribution in [0.5, 0.6) is 0 Å². The first-order valence-corrected chi connectivity index (χ1v) is 11.3. The predicted octanol–water partition coefficient (Wildman–Crippen LogP) is 3.98. The maximum absolute atomic E-state index is 13.9. The van der Waals surface area contributed by atoms with Crippen molar-refractivity contribution in [3.63, 3.8) is 0 Å². The van der Waals surface area contributed by atoms with Gasteiger partial charge in [-0.2, -0.15) is 0 Å². The fraction of sp³-hybridized carbons (Fsp3) is 0.542. The molecule has 32 heavy (non-hydrogen) atoms. The van der Waals surface area contributed by atoms with Gasteiger partial charge in [-0.05, 0) is 55.7 Å². The van der Waals surface area contributed by atoms with Crippen molar-refractivity contribution in [1.29, 1.82) is 0 Å². The summed E-state index contributed by atoms with van der Waals surface area (Å²) in [5.41, 5.74) is 0.953. The molecular weight excluding hydrogens is 414 g/mol. The average molecular weight is 445 g/mol. The fourth-order valence-electron chi connectivity index (χ4n) is 4.14. The standard InChI is InChI=1S/C24H30F2N4O2/c1-24(2,3)20(23(32)27-15-9-10-15)29-22(31)19-18-7-5-4-6-12-30(18)21(28-19)14-8-11-16(25)17(26)13-14/h8,11,13,15,20H,4-7,9-10,12H2,1-3H3,(H,27,32)(H,29,31)/t20-/m1/s1. The smallest absolute Gasteiger partial charge is 0.272 e. The molecule has 2 amide bonds. The first-order chi connectivity index (χ1) is 15.1. The zero-order valence-corrected chi connectivity index (χ0v) is 18.8. The summed E-state index contributed by atoms with van der Waals surface area (Å²) in [6.45, 7) is 6.37. The number of amides is 2. The van der Waals surface area contributed by atoms with E-state index in [1.807, 2.05) is 25.3 Å². The number of imidazole rings is 1. The van der Waals surface area contributed by atoms with Crippen LogP contribution in [-0.2, 0) is 17.8 Å². The zero-order chi connectivity index (χ0) is 23.0. The van der Waals surface area contributed by atoms with Gasteiger partial charge < -0.3 is 15.2 Å². The molecule has 4 rings (SSSR count). The molecule has 6 nitrogen and oxygen atoms in total. The highest BCUT2D eigenvalue weighted by Gasteiger charge is 2.37. The van der Waals surface area contributed by atoms with Gasteiger partial charge in [0.05, 0.1) is 5.69 Å². The Bertz CT molecular complexity index is 1040. The molecule has 8 heteroatoms. The Kier molecular flexibility index (Phi) is 6.05. The molecule has 0 saturated heterocycles. The average Bonchev–Trinajstić information content (AvgIpc) is 3.51. The molecule has 1 fully saturated rings. The quantitative estimate of drug-likeness (QED) is 0.733. The SMILES string of the molecule is CC(C)(C)[C@H](NC(=O)c1nc(-c2ccc(F)c(F)c2)n2c1CCCCC2)C(=O)NC1CC1. The molecular formula is C24H30F2N4O2. The van der Waals surface area contributed by atoms with E-state index < -0.39 is 29.0 Å². The van der Waals surface area contributed by atoms with Crippen LogP contribution in [0.2, 0.25) is 0 Å². The Labute approximate surface area is 186 Å². The van der Waals surface area contributed by atoms with E-state index in [1.165, 1.54) is 6.07 Å². The lowest BCUT2D eigenvalue weighted by Gasteiger charge is -2.30. The van der Waals surface area contributed by atoms with E-state index in [4.69, 9.17) is 0 Å². The molecule has 1 aromatic heterocycles. The van der Waals surface area contributed by atoms with Crippen LogP contribution in [0.15, 0.2) is 18.2 Å². The lowest BCUT2D eigenvalue weighted by Crippen LogP contribution is -2.54. The van der Waals surface area contributed by atoms with E-state index in [0.717, 1.165) is 49.9 Å². The van der Waals surface area contributed by atoms with Crippen LogP contribution in [0.4, 0.5) is 8.78 Å². The molecule has 0 radical (unpaired) electrons. The van der Waals surface area contributed by atoms with E-state index in [0.29, 0.717) is 24.4 Å². The fourth-order valence-corrected chi connectivity index (χ4v) is 4.14. The van der Waals surface area contributed by atoms with E-state index in [1.54, 1.807) is 0 Å². The maximum atomic E-state index is 13.9. The van der Waals surface area contributed by atoms with Crippen molar-refractivity contribution >= 4 is 11.8 Å². The molecule has 2 aromatic rings. The van der Waals surface area contributed by atoms with E-state index in [-0.39, 0.29) is 17.6 Å². The first-order valence-electron chi connectivity index (χ1n) is 11.3. The lowest BCUT2D eigenvalue weighted by molar-refractivity contribution is -0.125. The number of benzene rings is 1. The van der Waals surface area contributed by atoms with Gasteiger partial charge in [0, 0.05) is 18.2 Å². The van der Waals surface area contributed by atoms with Crippen LogP contribution in [0.25, 0.3) is 11.4 Å². The molecule has 2 heterocycles. The summed E-state index contributed by atoms with van der Waals surface area (Å²) in [5.74, 6) is -2.05. The Morgan fingerprint density at radius 3 is 2.53 bits per heavy atom. The van der Waals surface area contributed by atoms with Gasteiger partial charge in [-0.3, -0.25) is 9.59 Å². The van der Waals surface area contributed by atoms with Gasteiger partial charge >= 0.3 is 0 Å². The third-order valence-corrected chi connectivity index (χ3v) is 6.09. The van der Waals surface area contributed by atoms with Crippen molar-refractivity contribution in [2.24, 2.45) is 5.41 Å². The van der Waals surface area contributed by atoms with Crippen molar-refractivity contribution in [2.45, 2.75) is 77.9 Å². The number of carbonyl (C=O) groups is 2. The Hall–Kier alpha value is -2.77. The van der Waals surface area contributed by atoms with Crippen LogP contribution in [0.1, 0.15) is 69.1 Å². The minimum Gasteiger partial charge on any atom is -0.352 e. The summed E-state index contributed by atoms with van der Waals surface area (Å²) in [5, 5.41) is 5.88. The number of nitrogens with one attached hydrogen (secondary N) is 2. The van der Waals surface area contributed by atoms with Gasteiger partial charge in [-0.15, -0.1) is 0 Å². The summed E-state index contributed by atoms with van der Waals surface area (Å²) in [6, 6.07) is 3.12. The number of aromatic nitrogens is 2. The second kappa shape index (κ2) is 8.64. The molecule has 1 aliphatic heterocycles. The first kappa shape index (κ1) is 22.4. The molecule has 1 saturated carbocycles. The van der Waals surface area contributed by atoms with E-state index in [2.05, 4.69) is 15.6 Å². The predicted molar refractivity (Wildman–Crippen MR) is 117 cm³/mol. The van der Waals surface area contributed by atoms with Gasteiger partial charge in [0.15, 0.2) is 11.6 Å². The van der Waals surface area contributed by atoms with Gasteiger partial charge in [-0.1, -0.05) is 27.2 Å². The second-order valence-corrected chi connectivity index (χ2v) is 9.88. The third kappa shape index (κ3) is 4.69. The minimum atomic E-state index is -0.955. The highest BCUT2D eigenvalue weighted by molar-refractivity contribution is 5.98. The van der Waals surface area contributed by atoms with E-state index >= 15 is 0 Å². The highest BCUT2D eigenvalue weighted by Crippen LogP contribution is 2.29. The summed E-state index contributed by atoms with van der Waals surface area (Å²) >= 11 is 0. The minimum absolute atomic E-state index is 0.188. The molecule has 1 aromatic carbocycles. The number of rotatable bonds is 5. The molecule has 1 aliphatic carbocycles. The Morgan fingerprint density at radius 2 is 1.88 bits per heavy atom. The van der Waals surface area contributed by atoms with Crippen LogP contribution in [-0.4, -0.2) is 33.4 Å². The number of hydrogen-bond acceptors (Lipinski definition) is 3. The van der Waals surface area contributed by atoms with Gasteiger partial charge in [-0.25, -0.2) is 13.8 Å². The molecule has 2 aliphatic rings. The Morgan fingerprint density at radius 1 is 1.12 bits per heavy atom. The van der Waals surface area contributed by atoms with E-state index in [9.17, 15) is 18.4 Å². The topological polar surface area (TPSA) is 76.0 Å². The largest absolute Gasteiger partial charge is 0.352 e. The highest BCUT2D eigenvalue weighted by atomic mass is 19.2. The van der Waals surface area contributed by atoms with Crippen LogP contribution < -0.4 is 10.6 Å². The van der Waals surface area contributed by atoms with Crippen molar-refractivity contribution in [1.82, 2.24) is 20.2 Å². The number of halogens is 2. The lowest BCUT2D eigenvalue weighted by atomic mass is 9.86. The molecule has 0 bridgehead atoms. The zero-order valence-electron chi connectivity index (χ0n) is 18.8. The number of carbonyl (C=O) groups excluding carboxylic acids is 2. The second-order valence-electron chi connectivity index (χ2n) is 9.88. The van der Waals surface area contributed by atoms with Crippen LogP contribution in [0, 0.1) is 17.0 Å². The van der Waals surface area contributed by atoms with Gasteiger partial charge in [0.25, 0.3) is 5.91 Å². The van der Waals surface area contributed by atoms with Crippen molar-refractivity contribution in [3.8, 4) is 11.4 Å². The van der Waals surface area contributed by atoms with Crippen molar-refractivity contribution < 1.29 is 18.4 Å². The third-order valence-electron chi connectivity index (χ3n) is 6.09. The number of nitrogens with zero attached hydrogens (tertiary/aromatic N) is 2. The molecule has 0 unspecified atom stereocenters. The molecule has 1 atom stereocenters. The van der Waals surface area contributed by atoms with Crippen molar-refractivity contribution in [3.05, 3.63) is 41.2 Å². The van der Waals surface area contributed by atoms with Crippen molar-refractivity contribution in [2.75, 3.05) is 0 Å². The maximum Gasteiger partial charge on any atom is 0.272 e. The number of fused-ring (bicyclic) bond motifs is 1. The molecule has 2 N–H and O–H groups in total. The Balaban J connectivity index is 1.68. The van der Waals surface area contributed by atoms with Gasteiger partial charge in [0.2, 0.25) is 5.91 Å². The number of hydrogen-bond donors (Lipinski definition) is 2. The summed E-state index contributed by atoms with van der Waals surface area (Å²) in [6.07, 6.45) is 5.41. The summed E-state index contributed by atoms with van der Waals surface area (Å²) in [7, 11) is 0. The summed E-state index contributed by atoms with van der Waals surface area (Å²) < 4.78 is 29.3. The van der Waals surface area contributed by atoms with Crippen LogP contribution in [0.3, 0.4) is 0 Å². The molecule has 172 valence electrons. The monoisotopic (exact) mass is 444 g/mol. The summed E-state index contributed by atoms with van der Waals surface area (Å²) in [4.78, 5) is 30.7. The molecule has 0 spiro atoms. The normalized spacial score (nSPS) is 17.3. The van der Waals surface area contributed by atoms with Crippen LogP contribution >= 0.6 is 0 Å². The van der Waals surface area contributed by atoms with Gasteiger partial charge in [0.1, 0.15) is 17.6 Å².